The standard InChI is InChI=1S/C16H20N4S/c1-10-9-13(14(17)21)20-15(18-10)19-12-8-6-5-7-11(12)16(2,3)4/h5-9H,1-4H3,(H2,17,21)(H,18,19,20). The zero-order chi connectivity index (χ0) is 15.6. The van der Waals surface area contributed by atoms with Crippen LogP contribution in [0.25, 0.3) is 0 Å². The quantitative estimate of drug-likeness (QED) is 0.850. The summed E-state index contributed by atoms with van der Waals surface area (Å²) in [7, 11) is 0. The van der Waals surface area contributed by atoms with Crippen molar-refractivity contribution in [3.63, 3.8) is 0 Å². The van der Waals surface area contributed by atoms with Gasteiger partial charge >= 0.3 is 0 Å². The molecule has 2 aromatic rings. The summed E-state index contributed by atoms with van der Waals surface area (Å²) in [6.45, 7) is 8.41. The number of anilines is 2. The van der Waals surface area contributed by atoms with E-state index < -0.39 is 0 Å². The second-order valence-electron chi connectivity index (χ2n) is 6.00. The summed E-state index contributed by atoms with van der Waals surface area (Å²) in [4.78, 5) is 9.03. The minimum absolute atomic E-state index is 0.0272. The minimum atomic E-state index is 0.0272. The third kappa shape index (κ3) is 3.76. The number of thiocarbonyl (C=S) groups is 1. The molecule has 0 unspecified atom stereocenters. The van der Waals surface area contributed by atoms with Crippen LogP contribution in [0.1, 0.15) is 37.7 Å². The van der Waals surface area contributed by atoms with E-state index in [1.54, 1.807) is 6.07 Å². The molecule has 0 bridgehead atoms. The predicted octanol–water partition coefficient (Wildman–Crippen LogP) is 3.46. The fourth-order valence-electron chi connectivity index (χ4n) is 2.12. The first-order valence-electron chi connectivity index (χ1n) is 6.79. The van der Waals surface area contributed by atoms with Crippen molar-refractivity contribution in [2.24, 2.45) is 5.73 Å². The molecule has 21 heavy (non-hydrogen) atoms. The highest BCUT2D eigenvalue weighted by Gasteiger charge is 2.18. The summed E-state index contributed by atoms with van der Waals surface area (Å²) in [6, 6.07) is 9.92. The summed E-state index contributed by atoms with van der Waals surface area (Å²) in [5, 5.41) is 3.28. The van der Waals surface area contributed by atoms with Crippen LogP contribution in [-0.2, 0) is 5.41 Å². The van der Waals surface area contributed by atoms with Crippen molar-refractivity contribution in [1.29, 1.82) is 0 Å². The van der Waals surface area contributed by atoms with Crippen molar-refractivity contribution >= 4 is 28.8 Å². The van der Waals surface area contributed by atoms with E-state index in [0.717, 1.165) is 11.4 Å². The van der Waals surface area contributed by atoms with Gasteiger partial charge in [-0.2, -0.15) is 0 Å². The van der Waals surface area contributed by atoms with Crippen LogP contribution in [0, 0.1) is 6.92 Å². The minimum Gasteiger partial charge on any atom is -0.388 e. The lowest BCUT2D eigenvalue weighted by molar-refractivity contribution is 0.592. The second kappa shape index (κ2) is 5.77. The Kier molecular flexibility index (Phi) is 4.23. The van der Waals surface area contributed by atoms with Gasteiger partial charge in [-0.25, -0.2) is 9.97 Å². The van der Waals surface area contributed by atoms with Gasteiger partial charge in [-0.1, -0.05) is 51.2 Å². The Labute approximate surface area is 130 Å². The van der Waals surface area contributed by atoms with Crippen LogP contribution < -0.4 is 11.1 Å². The van der Waals surface area contributed by atoms with Crippen LogP contribution >= 0.6 is 12.2 Å². The van der Waals surface area contributed by atoms with Gasteiger partial charge in [0, 0.05) is 11.4 Å². The van der Waals surface area contributed by atoms with Gasteiger partial charge in [-0.05, 0) is 30.0 Å². The SMILES string of the molecule is Cc1cc(C(N)=S)nc(Nc2ccccc2C(C)(C)C)n1. The van der Waals surface area contributed by atoms with E-state index in [1.165, 1.54) is 5.56 Å². The highest BCUT2D eigenvalue weighted by molar-refractivity contribution is 7.80. The first kappa shape index (κ1) is 15.4. The topological polar surface area (TPSA) is 63.8 Å². The monoisotopic (exact) mass is 300 g/mol. The molecule has 2 rings (SSSR count). The molecule has 0 aliphatic heterocycles. The van der Waals surface area contributed by atoms with E-state index in [1.807, 2.05) is 25.1 Å². The molecule has 4 nitrogen and oxygen atoms in total. The van der Waals surface area contributed by atoms with Gasteiger partial charge in [0.1, 0.15) is 10.7 Å². The number of aryl methyl sites for hydroxylation is 1. The lowest BCUT2D eigenvalue weighted by Gasteiger charge is -2.23. The third-order valence-electron chi connectivity index (χ3n) is 3.09. The summed E-state index contributed by atoms with van der Waals surface area (Å²) < 4.78 is 0. The van der Waals surface area contributed by atoms with Crippen molar-refractivity contribution in [2.45, 2.75) is 33.1 Å². The highest BCUT2D eigenvalue weighted by atomic mass is 32.1. The Bertz CT molecular complexity index is 674. The Morgan fingerprint density at radius 1 is 1.19 bits per heavy atom. The smallest absolute Gasteiger partial charge is 0.228 e. The first-order chi connectivity index (χ1) is 9.77. The van der Waals surface area contributed by atoms with E-state index in [2.05, 4.69) is 42.1 Å². The predicted molar refractivity (Wildman–Crippen MR) is 91.1 cm³/mol. The zero-order valence-electron chi connectivity index (χ0n) is 12.8. The summed E-state index contributed by atoms with van der Waals surface area (Å²) in [6.07, 6.45) is 0. The van der Waals surface area contributed by atoms with Crippen molar-refractivity contribution < 1.29 is 0 Å². The second-order valence-corrected chi connectivity index (χ2v) is 6.44. The maximum absolute atomic E-state index is 5.66. The van der Waals surface area contributed by atoms with Gasteiger partial charge in [0.15, 0.2) is 0 Å². The van der Waals surface area contributed by atoms with E-state index in [0.29, 0.717) is 11.6 Å². The van der Waals surface area contributed by atoms with Gasteiger partial charge < -0.3 is 11.1 Å². The molecule has 0 spiro atoms. The van der Waals surface area contributed by atoms with E-state index >= 15 is 0 Å². The number of nitrogens with one attached hydrogen (secondary N) is 1. The number of benzene rings is 1. The average Bonchev–Trinajstić information content (AvgIpc) is 2.37. The Hall–Kier alpha value is -2.01. The van der Waals surface area contributed by atoms with Crippen LogP contribution in [0.15, 0.2) is 30.3 Å². The maximum atomic E-state index is 5.66. The summed E-state index contributed by atoms with van der Waals surface area (Å²) in [5.74, 6) is 0.509. The molecule has 5 heteroatoms. The van der Waals surface area contributed by atoms with Crippen LogP contribution in [0.4, 0.5) is 11.6 Å². The summed E-state index contributed by atoms with van der Waals surface area (Å²) in [5.41, 5.74) is 9.28. The molecule has 3 N–H and O–H groups in total. The van der Waals surface area contributed by atoms with Crippen molar-refractivity contribution in [3.05, 3.63) is 47.3 Å². The molecular formula is C16H20N4S. The molecule has 110 valence electrons. The fraction of sp³-hybridized carbons (Fsp3) is 0.312. The molecule has 0 amide bonds. The number of rotatable bonds is 3. The number of para-hydroxylation sites is 1. The van der Waals surface area contributed by atoms with Crippen molar-refractivity contribution in [1.82, 2.24) is 9.97 Å². The van der Waals surface area contributed by atoms with Crippen molar-refractivity contribution in [3.8, 4) is 0 Å². The molecule has 0 atom stereocenters. The normalized spacial score (nSPS) is 11.2. The number of hydrogen-bond acceptors (Lipinski definition) is 4. The van der Waals surface area contributed by atoms with Gasteiger partial charge in [-0.3, -0.25) is 0 Å². The van der Waals surface area contributed by atoms with Crippen molar-refractivity contribution in [2.75, 3.05) is 5.32 Å². The van der Waals surface area contributed by atoms with E-state index in [9.17, 15) is 0 Å². The third-order valence-corrected chi connectivity index (χ3v) is 3.30. The van der Waals surface area contributed by atoms with E-state index in [-0.39, 0.29) is 10.4 Å². The van der Waals surface area contributed by atoms with Gasteiger partial charge in [0.2, 0.25) is 5.95 Å². The summed E-state index contributed by atoms with van der Waals surface area (Å²) >= 11 is 4.99. The lowest BCUT2D eigenvalue weighted by Crippen LogP contribution is -2.16. The Morgan fingerprint density at radius 3 is 2.48 bits per heavy atom. The van der Waals surface area contributed by atoms with Crippen LogP contribution in [-0.4, -0.2) is 15.0 Å². The Balaban J connectivity index is 2.42. The van der Waals surface area contributed by atoms with Crippen LogP contribution in [0.3, 0.4) is 0 Å². The zero-order valence-corrected chi connectivity index (χ0v) is 13.6. The van der Waals surface area contributed by atoms with E-state index in [4.69, 9.17) is 18.0 Å². The molecule has 0 fully saturated rings. The van der Waals surface area contributed by atoms with Gasteiger partial charge in [-0.15, -0.1) is 0 Å². The number of nitrogens with zero attached hydrogens (tertiary/aromatic N) is 2. The maximum Gasteiger partial charge on any atom is 0.228 e. The molecule has 1 aromatic heterocycles. The highest BCUT2D eigenvalue weighted by Crippen LogP contribution is 2.30. The number of aromatic nitrogens is 2. The fourth-order valence-corrected chi connectivity index (χ4v) is 2.22. The van der Waals surface area contributed by atoms with Crippen LogP contribution in [0.5, 0.6) is 0 Å². The molecule has 0 aliphatic rings. The largest absolute Gasteiger partial charge is 0.388 e. The van der Waals surface area contributed by atoms with Gasteiger partial charge in [0.05, 0.1) is 0 Å². The number of hydrogen-bond donors (Lipinski definition) is 2. The lowest BCUT2D eigenvalue weighted by atomic mass is 9.86. The molecule has 0 aliphatic carbocycles. The molecular weight excluding hydrogens is 280 g/mol. The first-order valence-corrected chi connectivity index (χ1v) is 7.20. The average molecular weight is 300 g/mol. The molecule has 0 radical (unpaired) electrons. The van der Waals surface area contributed by atoms with Crippen LogP contribution in [0.2, 0.25) is 0 Å². The molecule has 1 aromatic carbocycles. The Morgan fingerprint density at radius 2 is 1.86 bits per heavy atom. The number of nitrogens with two attached hydrogens (primary N) is 1. The van der Waals surface area contributed by atoms with Gasteiger partial charge in [0.25, 0.3) is 0 Å². The molecule has 0 saturated carbocycles. The molecule has 0 saturated heterocycles. The molecule has 1 heterocycles.